The zero-order valence-corrected chi connectivity index (χ0v) is 18.8. The minimum atomic E-state index is -0.255. The van der Waals surface area contributed by atoms with Crippen molar-refractivity contribution >= 4 is 18.0 Å². The van der Waals surface area contributed by atoms with Crippen molar-refractivity contribution in [3.8, 4) is 0 Å². The summed E-state index contributed by atoms with van der Waals surface area (Å²) < 4.78 is 5.08. The van der Waals surface area contributed by atoms with Crippen LogP contribution in [0.3, 0.4) is 0 Å². The van der Waals surface area contributed by atoms with Crippen molar-refractivity contribution in [3.63, 3.8) is 0 Å². The Kier molecular flexibility index (Phi) is 8.95. The monoisotopic (exact) mass is 417 g/mol. The molecule has 0 spiro atoms. The molecule has 1 heterocycles. The second-order valence-electron chi connectivity index (χ2n) is 7.84. The number of hydrogen-bond acceptors (Lipinski definition) is 4. The number of likely N-dealkylation sites (tertiary alicyclic amines) is 1. The van der Waals surface area contributed by atoms with E-state index in [4.69, 9.17) is 9.73 Å². The van der Waals surface area contributed by atoms with Crippen LogP contribution in [0.15, 0.2) is 23.2 Å². The molecule has 0 bridgehead atoms. The number of carbonyl (C=O) groups is 2. The van der Waals surface area contributed by atoms with Gasteiger partial charge in [-0.1, -0.05) is 23.8 Å². The molecule has 0 aliphatic carbocycles. The van der Waals surface area contributed by atoms with Crippen LogP contribution in [-0.2, 0) is 16.1 Å². The Hall–Kier alpha value is -2.77. The SMILES string of the molecule is CCOC(=O)N1CCC(NC(=NCc2ccc(C)cc2C)NCC(=O)N(C)C)CC1. The van der Waals surface area contributed by atoms with Gasteiger partial charge in [-0.05, 0) is 44.7 Å². The van der Waals surface area contributed by atoms with Crippen molar-refractivity contribution in [1.29, 1.82) is 0 Å². The number of carbonyl (C=O) groups excluding carboxylic acids is 2. The second kappa shape index (κ2) is 11.4. The molecule has 8 nitrogen and oxygen atoms in total. The molecule has 1 aromatic rings. The molecule has 1 aromatic carbocycles. The van der Waals surface area contributed by atoms with Gasteiger partial charge in [-0.3, -0.25) is 4.79 Å². The summed E-state index contributed by atoms with van der Waals surface area (Å²) in [5, 5.41) is 6.58. The van der Waals surface area contributed by atoms with Gasteiger partial charge in [0, 0.05) is 33.2 Å². The van der Waals surface area contributed by atoms with Crippen molar-refractivity contribution in [3.05, 3.63) is 34.9 Å². The molecule has 8 heteroatoms. The number of aliphatic imine (C=N–C) groups is 1. The maximum absolute atomic E-state index is 12.0. The van der Waals surface area contributed by atoms with Gasteiger partial charge in [-0.25, -0.2) is 9.79 Å². The van der Waals surface area contributed by atoms with Gasteiger partial charge in [-0.2, -0.15) is 0 Å². The predicted molar refractivity (Wildman–Crippen MR) is 119 cm³/mol. The Balaban J connectivity index is 2.00. The van der Waals surface area contributed by atoms with Crippen LogP contribution < -0.4 is 10.6 Å². The molecular weight excluding hydrogens is 382 g/mol. The maximum Gasteiger partial charge on any atom is 0.409 e. The number of guanidine groups is 1. The quantitative estimate of drug-likeness (QED) is 0.547. The molecule has 1 aliphatic rings. The number of aryl methyl sites for hydroxylation is 2. The van der Waals surface area contributed by atoms with E-state index in [1.807, 2.05) is 6.92 Å². The topological polar surface area (TPSA) is 86.3 Å². The fraction of sp³-hybridized carbons (Fsp3) is 0.591. The number of nitrogens with zero attached hydrogens (tertiary/aromatic N) is 3. The summed E-state index contributed by atoms with van der Waals surface area (Å²) in [6.45, 7) is 8.33. The van der Waals surface area contributed by atoms with Gasteiger partial charge in [0.25, 0.3) is 0 Å². The Labute approximate surface area is 179 Å². The number of piperidine rings is 1. The zero-order chi connectivity index (χ0) is 22.1. The molecule has 2 N–H and O–H groups in total. The number of rotatable bonds is 6. The van der Waals surface area contributed by atoms with Gasteiger partial charge in [0.1, 0.15) is 0 Å². The van der Waals surface area contributed by atoms with E-state index in [9.17, 15) is 9.59 Å². The molecule has 0 unspecified atom stereocenters. The fourth-order valence-corrected chi connectivity index (χ4v) is 3.27. The standard InChI is InChI=1S/C22H35N5O3/c1-6-30-22(29)27-11-9-19(10-12-27)25-21(24-15-20(28)26(4)5)23-14-18-8-7-16(2)13-17(18)3/h7-8,13,19H,6,9-12,14-15H2,1-5H3,(H2,23,24,25). The summed E-state index contributed by atoms with van der Waals surface area (Å²) in [5.74, 6) is 0.591. The molecule has 30 heavy (non-hydrogen) atoms. The lowest BCUT2D eigenvalue weighted by Gasteiger charge is -2.32. The average molecular weight is 418 g/mol. The van der Waals surface area contributed by atoms with Crippen molar-refractivity contribution in [2.75, 3.05) is 40.3 Å². The largest absolute Gasteiger partial charge is 0.450 e. The summed E-state index contributed by atoms with van der Waals surface area (Å²) in [7, 11) is 3.46. The summed E-state index contributed by atoms with van der Waals surface area (Å²) in [5.41, 5.74) is 3.57. The van der Waals surface area contributed by atoms with Crippen LogP contribution in [0.4, 0.5) is 4.79 Å². The first kappa shape index (κ1) is 23.5. The fourth-order valence-electron chi connectivity index (χ4n) is 3.27. The molecule has 0 radical (unpaired) electrons. The summed E-state index contributed by atoms with van der Waals surface area (Å²) in [4.78, 5) is 31.9. The molecule has 2 rings (SSSR count). The first-order valence-corrected chi connectivity index (χ1v) is 10.5. The van der Waals surface area contributed by atoms with E-state index in [0.29, 0.717) is 32.2 Å². The lowest BCUT2D eigenvalue weighted by atomic mass is 10.1. The van der Waals surface area contributed by atoms with E-state index in [-0.39, 0.29) is 24.6 Å². The highest BCUT2D eigenvalue weighted by Gasteiger charge is 2.24. The molecule has 166 valence electrons. The number of benzene rings is 1. The van der Waals surface area contributed by atoms with E-state index in [2.05, 4.69) is 42.7 Å². The van der Waals surface area contributed by atoms with Gasteiger partial charge < -0.3 is 25.2 Å². The summed E-state index contributed by atoms with van der Waals surface area (Å²) in [6.07, 6.45) is 1.34. The third kappa shape index (κ3) is 7.24. The van der Waals surface area contributed by atoms with E-state index >= 15 is 0 Å². The molecule has 2 amide bonds. The Morgan fingerprint density at radius 1 is 1.23 bits per heavy atom. The Bertz CT molecular complexity index is 755. The number of hydrogen-bond donors (Lipinski definition) is 2. The predicted octanol–water partition coefficient (Wildman–Crippen LogP) is 2.05. The number of likely N-dealkylation sites (N-methyl/N-ethyl adjacent to an activating group) is 1. The van der Waals surface area contributed by atoms with Crippen LogP contribution in [0.2, 0.25) is 0 Å². The van der Waals surface area contributed by atoms with Crippen molar-refractivity contribution < 1.29 is 14.3 Å². The van der Waals surface area contributed by atoms with Crippen LogP contribution in [0, 0.1) is 13.8 Å². The lowest BCUT2D eigenvalue weighted by Crippen LogP contribution is -2.51. The first-order chi connectivity index (χ1) is 14.3. The summed E-state index contributed by atoms with van der Waals surface area (Å²) >= 11 is 0. The van der Waals surface area contributed by atoms with Crippen LogP contribution >= 0.6 is 0 Å². The number of nitrogens with one attached hydrogen (secondary N) is 2. The van der Waals surface area contributed by atoms with Gasteiger partial charge in [0.2, 0.25) is 5.91 Å². The number of ether oxygens (including phenoxy) is 1. The van der Waals surface area contributed by atoms with E-state index in [0.717, 1.165) is 18.4 Å². The molecule has 0 atom stereocenters. The van der Waals surface area contributed by atoms with Gasteiger partial charge in [0.15, 0.2) is 5.96 Å². The van der Waals surface area contributed by atoms with E-state index in [1.54, 1.807) is 23.9 Å². The van der Waals surface area contributed by atoms with Crippen molar-refractivity contribution in [1.82, 2.24) is 20.4 Å². The maximum atomic E-state index is 12.0. The normalized spacial score (nSPS) is 15.0. The Morgan fingerprint density at radius 2 is 1.93 bits per heavy atom. The smallest absolute Gasteiger partial charge is 0.409 e. The minimum absolute atomic E-state index is 0.0202. The van der Waals surface area contributed by atoms with Crippen LogP contribution in [-0.4, -0.2) is 74.1 Å². The molecule has 1 fully saturated rings. The molecule has 1 saturated heterocycles. The van der Waals surface area contributed by atoms with E-state index < -0.39 is 0 Å². The molecule has 0 aromatic heterocycles. The van der Waals surface area contributed by atoms with Crippen molar-refractivity contribution in [2.45, 2.75) is 46.2 Å². The second-order valence-corrected chi connectivity index (χ2v) is 7.84. The highest BCUT2D eigenvalue weighted by molar-refractivity contribution is 5.86. The Morgan fingerprint density at radius 3 is 2.53 bits per heavy atom. The third-order valence-electron chi connectivity index (χ3n) is 5.17. The average Bonchev–Trinajstić information content (AvgIpc) is 2.71. The highest BCUT2D eigenvalue weighted by atomic mass is 16.6. The number of amides is 2. The van der Waals surface area contributed by atoms with Gasteiger partial charge in [-0.15, -0.1) is 0 Å². The zero-order valence-electron chi connectivity index (χ0n) is 18.8. The van der Waals surface area contributed by atoms with Crippen LogP contribution in [0.25, 0.3) is 0 Å². The van der Waals surface area contributed by atoms with Gasteiger partial charge in [0.05, 0.1) is 19.7 Å². The summed E-state index contributed by atoms with van der Waals surface area (Å²) in [6, 6.07) is 6.50. The van der Waals surface area contributed by atoms with Crippen molar-refractivity contribution in [2.24, 2.45) is 4.99 Å². The molecule has 1 aliphatic heterocycles. The third-order valence-corrected chi connectivity index (χ3v) is 5.17. The molecule has 0 saturated carbocycles. The van der Waals surface area contributed by atoms with E-state index in [1.165, 1.54) is 11.1 Å². The van der Waals surface area contributed by atoms with Gasteiger partial charge >= 0.3 is 6.09 Å². The highest BCUT2D eigenvalue weighted by Crippen LogP contribution is 2.13. The van der Waals surface area contributed by atoms with Crippen LogP contribution in [0.1, 0.15) is 36.5 Å². The van der Waals surface area contributed by atoms with Crippen LogP contribution in [0.5, 0.6) is 0 Å². The molecular formula is C22H35N5O3. The minimum Gasteiger partial charge on any atom is -0.450 e. The first-order valence-electron chi connectivity index (χ1n) is 10.5. The lowest BCUT2D eigenvalue weighted by molar-refractivity contribution is -0.127.